The minimum atomic E-state index is 0.512. The van der Waals surface area contributed by atoms with Crippen LogP contribution in [0.4, 0.5) is 5.95 Å². The molecule has 3 aromatic rings. The Bertz CT molecular complexity index is 837. The molecule has 1 N–H and O–H groups in total. The zero-order valence-corrected chi connectivity index (χ0v) is 14.5. The number of benzene rings is 1. The molecule has 24 heavy (non-hydrogen) atoms. The van der Waals surface area contributed by atoms with E-state index in [0.29, 0.717) is 6.04 Å². The van der Waals surface area contributed by atoms with Crippen LogP contribution in [0.3, 0.4) is 0 Å². The molecule has 122 valence electrons. The number of aryl methyl sites for hydroxylation is 1. The SMILES string of the molecule is Cc1cccc(-c2ncsc2-c2ccnc(NC3CCCC3)n2)c1. The average molecular weight is 336 g/mol. The Labute approximate surface area is 146 Å². The molecule has 0 amide bonds. The second-order valence-electron chi connectivity index (χ2n) is 6.29. The average Bonchev–Trinajstić information content (AvgIpc) is 3.26. The van der Waals surface area contributed by atoms with Crippen LogP contribution in [-0.2, 0) is 0 Å². The van der Waals surface area contributed by atoms with Crippen LogP contribution in [0, 0.1) is 6.92 Å². The van der Waals surface area contributed by atoms with Gasteiger partial charge in [-0.25, -0.2) is 15.0 Å². The van der Waals surface area contributed by atoms with Gasteiger partial charge >= 0.3 is 0 Å². The van der Waals surface area contributed by atoms with E-state index in [4.69, 9.17) is 4.98 Å². The van der Waals surface area contributed by atoms with E-state index < -0.39 is 0 Å². The van der Waals surface area contributed by atoms with Crippen LogP contribution in [0.25, 0.3) is 21.8 Å². The Kier molecular flexibility index (Phi) is 4.26. The van der Waals surface area contributed by atoms with Gasteiger partial charge in [-0.3, -0.25) is 0 Å². The highest BCUT2D eigenvalue weighted by Gasteiger charge is 2.17. The van der Waals surface area contributed by atoms with Crippen LogP contribution in [0.1, 0.15) is 31.2 Å². The van der Waals surface area contributed by atoms with Gasteiger partial charge in [0.15, 0.2) is 0 Å². The van der Waals surface area contributed by atoms with Crippen LogP contribution in [0.15, 0.2) is 42.0 Å². The molecule has 4 rings (SSSR count). The number of aromatic nitrogens is 3. The van der Waals surface area contributed by atoms with Crippen molar-refractivity contribution in [1.82, 2.24) is 15.0 Å². The maximum Gasteiger partial charge on any atom is 0.223 e. The summed E-state index contributed by atoms with van der Waals surface area (Å²) in [6.45, 7) is 2.10. The summed E-state index contributed by atoms with van der Waals surface area (Å²) in [6.07, 6.45) is 6.85. The smallest absolute Gasteiger partial charge is 0.223 e. The summed E-state index contributed by atoms with van der Waals surface area (Å²) in [6, 6.07) is 10.9. The van der Waals surface area contributed by atoms with Gasteiger partial charge in [0.1, 0.15) is 0 Å². The summed E-state index contributed by atoms with van der Waals surface area (Å²) in [5, 5.41) is 3.47. The van der Waals surface area contributed by atoms with E-state index in [1.165, 1.54) is 31.2 Å². The molecule has 2 heterocycles. The quantitative estimate of drug-likeness (QED) is 0.734. The van der Waals surface area contributed by atoms with E-state index in [1.807, 2.05) is 17.8 Å². The van der Waals surface area contributed by atoms with E-state index in [2.05, 4.69) is 46.5 Å². The monoisotopic (exact) mass is 336 g/mol. The van der Waals surface area contributed by atoms with Crippen molar-refractivity contribution in [3.8, 4) is 21.8 Å². The van der Waals surface area contributed by atoms with Crippen LogP contribution >= 0.6 is 11.3 Å². The van der Waals surface area contributed by atoms with Gasteiger partial charge in [0.05, 0.1) is 21.8 Å². The van der Waals surface area contributed by atoms with Crippen molar-refractivity contribution < 1.29 is 0 Å². The Morgan fingerprint density at radius 2 is 2.00 bits per heavy atom. The van der Waals surface area contributed by atoms with Gasteiger partial charge in [0.2, 0.25) is 5.95 Å². The number of nitrogens with one attached hydrogen (secondary N) is 1. The summed E-state index contributed by atoms with van der Waals surface area (Å²) in [4.78, 5) is 14.8. The Morgan fingerprint density at radius 3 is 2.83 bits per heavy atom. The van der Waals surface area contributed by atoms with Crippen LogP contribution < -0.4 is 5.32 Å². The Hall–Kier alpha value is -2.27. The predicted octanol–water partition coefficient (Wildman–Crippen LogP) is 4.93. The number of thiazole rings is 1. The van der Waals surface area contributed by atoms with E-state index >= 15 is 0 Å². The molecule has 0 aliphatic heterocycles. The molecule has 0 atom stereocenters. The number of anilines is 1. The third-order valence-electron chi connectivity index (χ3n) is 4.44. The second-order valence-corrected chi connectivity index (χ2v) is 7.15. The molecule has 1 aliphatic rings. The molecule has 1 aliphatic carbocycles. The Morgan fingerprint density at radius 1 is 1.12 bits per heavy atom. The summed E-state index contributed by atoms with van der Waals surface area (Å²) >= 11 is 1.63. The number of hydrogen-bond donors (Lipinski definition) is 1. The zero-order valence-electron chi connectivity index (χ0n) is 13.7. The van der Waals surface area contributed by atoms with Gasteiger partial charge in [-0.1, -0.05) is 36.6 Å². The lowest BCUT2D eigenvalue weighted by atomic mass is 10.1. The summed E-state index contributed by atoms with van der Waals surface area (Å²) in [5.41, 5.74) is 6.19. The van der Waals surface area contributed by atoms with E-state index in [1.54, 1.807) is 11.3 Å². The lowest BCUT2D eigenvalue weighted by Crippen LogP contribution is -2.16. The van der Waals surface area contributed by atoms with Crippen molar-refractivity contribution in [3.63, 3.8) is 0 Å². The highest BCUT2D eigenvalue weighted by atomic mass is 32.1. The molecule has 0 bridgehead atoms. The molecule has 2 aromatic heterocycles. The van der Waals surface area contributed by atoms with Crippen molar-refractivity contribution in [2.24, 2.45) is 0 Å². The fourth-order valence-electron chi connectivity index (χ4n) is 3.23. The molecule has 1 aromatic carbocycles. The summed E-state index contributed by atoms with van der Waals surface area (Å²) < 4.78 is 0. The highest BCUT2D eigenvalue weighted by molar-refractivity contribution is 7.13. The first-order valence-corrected chi connectivity index (χ1v) is 9.28. The minimum Gasteiger partial charge on any atom is -0.351 e. The topological polar surface area (TPSA) is 50.7 Å². The first-order chi connectivity index (χ1) is 11.8. The van der Waals surface area contributed by atoms with E-state index in [9.17, 15) is 0 Å². The van der Waals surface area contributed by atoms with Gasteiger partial charge in [0.25, 0.3) is 0 Å². The van der Waals surface area contributed by atoms with Gasteiger partial charge in [0, 0.05) is 17.8 Å². The number of rotatable bonds is 4. The first kappa shape index (κ1) is 15.3. The van der Waals surface area contributed by atoms with Crippen molar-refractivity contribution in [1.29, 1.82) is 0 Å². The molecule has 0 saturated heterocycles. The number of nitrogens with zero attached hydrogens (tertiary/aromatic N) is 3. The largest absolute Gasteiger partial charge is 0.351 e. The molecule has 1 fully saturated rings. The molecule has 0 unspecified atom stereocenters. The highest BCUT2D eigenvalue weighted by Crippen LogP contribution is 2.34. The predicted molar refractivity (Wildman–Crippen MR) is 99.2 cm³/mol. The maximum absolute atomic E-state index is 4.74. The lowest BCUT2D eigenvalue weighted by molar-refractivity contribution is 0.744. The van der Waals surface area contributed by atoms with Crippen molar-refractivity contribution in [3.05, 3.63) is 47.6 Å². The fourth-order valence-corrected chi connectivity index (χ4v) is 4.01. The third kappa shape index (κ3) is 3.17. The van der Waals surface area contributed by atoms with Crippen molar-refractivity contribution in [2.75, 3.05) is 5.32 Å². The van der Waals surface area contributed by atoms with E-state index in [0.717, 1.165) is 27.8 Å². The van der Waals surface area contributed by atoms with Crippen LogP contribution in [-0.4, -0.2) is 21.0 Å². The van der Waals surface area contributed by atoms with Gasteiger partial charge in [-0.2, -0.15) is 0 Å². The van der Waals surface area contributed by atoms with Gasteiger partial charge < -0.3 is 5.32 Å². The fraction of sp³-hybridized carbons (Fsp3) is 0.316. The molecule has 4 nitrogen and oxygen atoms in total. The standard InChI is InChI=1S/C19H20N4S/c1-13-5-4-6-14(11-13)17-18(24-12-21-17)16-9-10-20-19(23-16)22-15-7-2-3-8-15/h4-6,9-12,15H,2-3,7-8H2,1H3,(H,20,22,23). The summed E-state index contributed by atoms with van der Waals surface area (Å²) in [7, 11) is 0. The third-order valence-corrected chi connectivity index (χ3v) is 5.28. The summed E-state index contributed by atoms with van der Waals surface area (Å²) in [5.74, 6) is 0.725. The normalized spacial score (nSPS) is 14.9. The second kappa shape index (κ2) is 6.69. The molecular weight excluding hydrogens is 316 g/mol. The van der Waals surface area contributed by atoms with Crippen molar-refractivity contribution >= 4 is 17.3 Å². The van der Waals surface area contributed by atoms with Crippen LogP contribution in [0.5, 0.6) is 0 Å². The van der Waals surface area contributed by atoms with Gasteiger partial charge in [-0.15, -0.1) is 11.3 Å². The maximum atomic E-state index is 4.74. The van der Waals surface area contributed by atoms with E-state index in [-0.39, 0.29) is 0 Å². The minimum absolute atomic E-state index is 0.512. The van der Waals surface area contributed by atoms with Gasteiger partial charge in [-0.05, 0) is 31.9 Å². The molecule has 0 radical (unpaired) electrons. The number of hydrogen-bond acceptors (Lipinski definition) is 5. The molecular formula is C19H20N4S. The lowest BCUT2D eigenvalue weighted by Gasteiger charge is -2.12. The molecule has 1 saturated carbocycles. The molecule has 5 heteroatoms. The zero-order chi connectivity index (χ0) is 16.4. The first-order valence-electron chi connectivity index (χ1n) is 8.40. The van der Waals surface area contributed by atoms with Crippen molar-refractivity contribution in [2.45, 2.75) is 38.6 Å². The van der Waals surface area contributed by atoms with Crippen LogP contribution in [0.2, 0.25) is 0 Å². The Balaban J connectivity index is 1.66. The molecule has 0 spiro atoms.